The summed E-state index contributed by atoms with van der Waals surface area (Å²) in [5.41, 5.74) is 0.513. The first kappa shape index (κ1) is 8.87. The highest BCUT2D eigenvalue weighted by atomic mass is 16.2. The first-order valence-electron chi connectivity index (χ1n) is 4.47. The maximum atomic E-state index is 11.4. The van der Waals surface area contributed by atoms with Gasteiger partial charge in [-0.25, -0.2) is 0 Å². The number of nitrogens with one attached hydrogen (secondary N) is 1. The first-order chi connectivity index (χ1) is 6.65. The predicted octanol–water partition coefficient (Wildman–Crippen LogP) is 0.104. The molecule has 0 aromatic rings. The van der Waals surface area contributed by atoms with E-state index >= 15 is 0 Å². The number of amides is 1. The maximum absolute atomic E-state index is 11.4. The molecule has 0 aromatic carbocycles. The molecule has 1 unspecified atom stereocenters. The largest absolute Gasteiger partial charge is 0.322 e. The minimum Gasteiger partial charge on any atom is -0.322 e. The van der Waals surface area contributed by atoms with Crippen LogP contribution in [0.15, 0.2) is 23.4 Å². The summed E-state index contributed by atoms with van der Waals surface area (Å²) in [6.07, 6.45) is 2.96. The van der Waals surface area contributed by atoms with E-state index in [1.165, 1.54) is 12.2 Å². The van der Waals surface area contributed by atoms with Gasteiger partial charge in [0.25, 0.3) is 0 Å². The van der Waals surface area contributed by atoms with Gasteiger partial charge in [0, 0.05) is 5.57 Å². The summed E-state index contributed by atoms with van der Waals surface area (Å²) in [6, 6.07) is 0. The van der Waals surface area contributed by atoms with E-state index in [2.05, 4.69) is 5.32 Å². The van der Waals surface area contributed by atoms with Crippen LogP contribution in [0.2, 0.25) is 0 Å². The number of allylic oxidation sites excluding steroid dienone is 2. The summed E-state index contributed by atoms with van der Waals surface area (Å²) in [5.74, 6) is -1.22. The lowest BCUT2D eigenvalue weighted by atomic mass is 9.90. The van der Waals surface area contributed by atoms with Crippen molar-refractivity contribution < 1.29 is 14.4 Å². The molecule has 1 atom stereocenters. The van der Waals surface area contributed by atoms with Crippen LogP contribution in [0.4, 0.5) is 0 Å². The van der Waals surface area contributed by atoms with E-state index in [0.717, 1.165) is 0 Å². The normalized spacial score (nSPS) is 25.5. The summed E-state index contributed by atoms with van der Waals surface area (Å²) in [5, 5.41) is 2.46. The Bertz CT molecular complexity index is 404. The molecule has 1 aliphatic carbocycles. The van der Waals surface area contributed by atoms with Crippen LogP contribution >= 0.6 is 0 Å². The minimum absolute atomic E-state index is 0.175. The quantitative estimate of drug-likeness (QED) is 0.598. The number of carbonyl (C=O) groups is 3. The van der Waals surface area contributed by atoms with Crippen LogP contribution in [-0.4, -0.2) is 17.5 Å². The molecule has 0 radical (unpaired) electrons. The average Bonchev–Trinajstić information content (AvgIpc) is 2.50. The van der Waals surface area contributed by atoms with Crippen molar-refractivity contribution in [1.29, 1.82) is 0 Å². The molecule has 0 saturated carbocycles. The van der Waals surface area contributed by atoms with Crippen LogP contribution in [0.5, 0.6) is 0 Å². The molecule has 1 N–H and O–H groups in total. The standard InChI is InChI=1S/C10H9NO3/c1-2-5-8-6(12)3-4-7(13)9(8)11-10(5)14/h3-5H,2H2,1H3,(H,11,14). The molecule has 4 heteroatoms. The van der Waals surface area contributed by atoms with E-state index in [4.69, 9.17) is 0 Å². The summed E-state index contributed by atoms with van der Waals surface area (Å²) >= 11 is 0. The van der Waals surface area contributed by atoms with Gasteiger partial charge in [0.05, 0.1) is 11.6 Å². The third-order valence-corrected chi connectivity index (χ3v) is 2.49. The maximum Gasteiger partial charge on any atom is 0.232 e. The molecule has 1 heterocycles. The number of ketones is 2. The van der Waals surface area contributed by atoms with Gasteiger partial charge in [-0.2, -0.15) is 0 Å². The third-order valence-electron chi connectivity index (χ3n) is 2.49. The van der Waals surface area contributed by atoms with Gasteiger partial charge in [-0.3, -0.25) is 14.4 Å². The van der Waals surface area contributed by atoms with Crippen LogP contribution in [0.25, 0.3) is 0 Å². The molecule has 0 bridgehead atoms. The van der Waals surface area contributed by atoms with Crippen molar-refractivity contribution in [2.75, 3.05) is 0 Å². The average molecular weight is 191 g/mol. The zero-order valence-corrected chi connectivity index (χ0v) is 7.66. The monoisotopic (exact) mass is 191 g/mol. The van der Waals surface area contributed by atoms with Crippen LogP contribution < -0.4 is 5.32 Å². The number of hydrogen-bond donors (Lipinski definition) is 1. The molecule has 2 aliphatic rings. The van der Waals surface area contributed by atoms with E-state index in [1.54, 1.807) is 0 Å². The Labute approximate surface area is 80.7 Å². The van der Waals surface area contributed by atoms with E-state index in [0.29, 0.717) is 12.0 Å². The van der Waals surface area contributed by atoms with Gasteiger partial charge >= 0.3 is 0 Å². The molecule has 0 aromatic heterocycles. The molecular weight excluding hydrogens is 182 g/mol. The highest BCUT2D eigenvalue weighted by Gasteiger charge is 2.38. The highest BCUT2D eigenvalue weighted by molar-refractivity contribution is 6.24. The summed E-state index contributed by atoms with van der Waals surface area (Å²) < 4.78 is 0. The van der Waals surface area contributed by atoms with Gasteiger partial charge in [0.15, 0.2) is 5.78 Å². The van der Waals surface area contributed by atoms with Gasteiger partial charge in [0.2, 0.25) is 11.7 Å². The molecule has 1 amide bonds. The molecule has 1 aliphatic heterocycles. The second kappa shape index (κ2) is 2.90. The third kappa shape index (κ3) is 1.04. The summed E-state index contributed by atoms with van der Waals surface area (Å²) in [6.45, 7) is 1.82. The zero-order valence-electron chi connectivity index (χ0n) is 7.66. The molecule has 2 rings (SSSR count). The van der Waals surface area contributed by atoms with E-state index < -0.39 is 5.92 Å². The molecule has 4 nitrogen and oxygen atoms in total. The van der Waals surface area contributed by atoms with Crippen molar-refractivity contribution >= 4 is 17.5 Å². The fraction of sp³-hybridized carbons (Fsp3) is 0.300. The Hall–Kier alpha value is -1.71. The molecular formula is C10H9NO3. The molecule has 0 saturated heterocycles. The van der Waals surface area contributed by atoms with Crippen molar-refractivity contribution in [3.8, 4) is 0 Å². The predicted molar refractivity (Wildman–Crippen MR) is 48.1 cm³/mol. The Morgan fingerprint density at radius 3 is 2.50 bits per heavy atom. The van der Waals surface area contributed by atoms with Gasteiger partial charge in [-0.1, -0.05) is 6.92 Å². The second-order valence-corrected chi connectivity index (χ2v) is 3.30. The molecule has 72 valence electrons. The van der Waals surface area contributed by atoms with Crippen molar-refractivity contribution in [2.24, 2.45) is 5.92 Å². The summed E-state index contributed by atoms with van der Waals surface area (Å²) in [4.78, 5) is 34.1. The second-order valence-electron chi connectivity index (χ2n) is 3.30. The van der Waals surface area contributed by atoms with Crippen molar-refractivity contribution in [3.63, 3.8) is 0 Å². The zero-order chi connectivity index (χ0) is 10.3. The van der Waals surface area contributed by atoms with Crippen LogP contribution in [0.3, 0.4) is 0 Å². The number of hydrogen-bond acceptors (Lipinski definition) is 3. The number of carbonyl (C=O) groups excluding carboxylic acids is 3. The lowest BCUT2D eigenvalue weighted by Crippen LogP contribution is -2.23. The Balaban J connectivity index is 2.49. The van der Waals surface area contributed by atoms with E-state index in [-0.39, 0.29) is 23.2 Å². The van der Waals surface area contributed by atoms with Gasteiger partial charge in [0.1, 0.15) is 0 Å². The van der Waals surface area contributed by atoms with E-state index in [1.807, 2.05) is 6.92 Å². The highest BCUT2D eigenvalue weighted by Crippen LogP contribution is 2.28. The Morgan fingerprint density at radius 1 is 1.21 bits per heavy atom. The van der Waals surface area contributed by atoms with E-state index in [9.17, 15) is 14.4 Å². The van der Waals surface area contributed by atoms with Crippen LogP contribution in [-0.2, 0) is 14.4 Å². The van der Waals surface area contributed by atoms with Crippen molar-refractivity contribution in [1.82, 2.24) is 5.32 Å². The SMILES string of the molecule is CCC1C(=O)NC2=C1C(=O)C=CC2=O. The minimum atomic E-state index is -0.452. The fourth-order valence-corrected chi connectivity index (χ4v) is 1.79. The fourth-order valence-electron chi connectivity index (χ4n) is 1.79. The van der Waals surface area contributed by atoms with Crippen LogP contribution in [0, 0.1) is 5.92 Å². The van der Waals surface area contributed by atoms with Crippen LogP contribution in [0.1, 0.15) is 13.3 Å². The summed E-state index contributed by atoms with van der Waals surface area (Å²) in [7, 11) is 0. The molecule has 0 spiro atoms. The molecule has 14 heavy (non-hydrogen) atoms. The smallest absolute Gasteiger partial charge is 0.232 e. The Kier molecular flexibility index (Phi) is 1.84. The van der Waals surface area contributed by atoms with Crippen molar-refractivity contribution in [3.05, 3.63) is 23.4 Å². The lowest BCUT2D eigenvalue weighted by Gasteiger charge is -2.08. The number of rotatable bonds is 1. The topological polar surface area (TPSA) is 63.2 Å². The van der Waals surface area contributed by atoms with Gasteiger partial charge in [-0.15, -0.1) is 0 Å². The van der Waals surface area contributed by atoms with Gasteiger partial charge < -0.3 is 5.32 Å². The van der Waals surface area contributed by atoms with Gasteiger partial charge in [-0.05, 0) is 18.6 Å². The van der Waals surface area contributed by atoms with Crippen molar-refractivity contribution in [2.45, 2.75) is 13.3 Å². The molecule has 0 fully saturated rings. The first-order valence-corrected chi connectivity index (χ1v) is 4.47. The Morgan fingerprint density at radius 2 is 1.86 bits per heavy atom. The lowest BCUT2D eigenvalue weighted by molar-refractivity contribution is -0.123.